The van der Waals surface area contributed by atoms with Gasteiger partial charge in [-0.05, 0) is 36.8 Å². The molecule has 0 radical (unpaired) electrons. The average Bonchev–Trinajstić information content (AvgIpc) is 2.62. The topological polar surface area (TPSA) is 127 Å². The molecular weight excluding hydrogens is 302 g/mol. The number of benzene rings is 1. The minimum atomic E-state index is -1.07. The van der Waals surface area contributed by atoms with Crippen molar-refractivity contribution in [3.05, 3.63) is 39.4 Å². The summed E-state index contributed by atoms with van der Waals surface area (Å²) in [5, 5.41) is 20.5. The molecule has 3 rings (SSSR count). The Morgan fingerprint density at radius 2 is 2.13 bits per heavy atom. The second kappa shape index (κ2) is 5.62. The van der Waals surface area contributed by atoms with Crippen molar-refractivity contribution in [1.82, 2.24) is 4.90 Å². The van der Waals surface area contributed by atoms with Crippen molar-refractivity contribution >= 4 is 17.6 Å². The molecule has 2 aliphatic rings. The molecule has 3 atom stereocenters. The van der Waals surface area contributed by atoms with Crippen LogP contribution in [0.2, 0.25) is 0 Å². The number of nitrogens with two attached hydrogens (primary N) is 1. The van der Waals surface area contributed by atoms with E-state index in [1.54, 1.807) is 6.07 Å². The molecule has 1 aromatic carbocycles. The largest absolute Gasteiger partial charge is 0.480 e. The standard InChI is InChI=1S/C15H17N3O5/c16-11-6-8-4-5-9(18(22)23)7-10(8)12-2-1-3-13(15(20)21)17(12)14(11)19/h4-5,7,11-13H,1-3,6,16H2,(H,20,21)/t11-,12+,13-/m1/s1. The summed E-state index contributed by atoms with van der Waals surface area (Å²) in [6, 6.07) is 2.22. The maximum atomic E-state index is 12.6. The van der Waals surface area contributed by atoms with Crippen LogP contribution in [-0.2, 0) is 16.0 Å². The molecule has 1 amide bonds. The van der Waals surface area contributed by atoms with Gasteiger partial charge in [0.05, 0.1) is 17.0 Å². The van der Waals surface area contributed by atoms with Crippen molar-refractivity contribution in [2.75, 3.05) is 0 Å². The van der Waals surface area contributed by atoms with Crippen molar-refractivity contribution in [1.29, 1.82) is 0 Å². The first-order valence-electron chi connectivity index (χ1n) is 7.48. The number of amides is 1. The molecule has 0 saturated carbocycles. The second-order valence-corrected chi connectivity index (χ2v) is 6.00. The number of carboxylic acids is 1. The van der Waals surface area contributed by atoms with Crippen LogP contribution in [0.3, 0.4) is 0 Å². The number of nitrogens with zero attached hydrogens (tertiary/aromatic N) is 2. The second-order valence-electron chi connectivity index (χ2n) is 6.00. The van der Waals surface area contributed by atoms with Crippen molar-refractivity contribution in [2.24, 2.45) is 5.73 Å². The minimum absolute atomic E-state index is 0.0657. The normalized spacial score (nSPS) is 26.9. The molecule has 8 nitrogen and oxygen atoms in total. The Balaban J connectivity index is 2.13. The van der Waals surface area contributed by atoms with E-state index in [0.717, 1.165) is 5.56 Å². The number of nitro benzene ring substituents is 1. The maximum absolute atomic E-state index is 12.6. The number of carbonyl (C=O) groups is 2. The van der Waals surface area contributed by atoms with E-state index < -0.39 is 34.9 Å². The molecule has 1 fully saturated rings. The van der Waals surface area contributed by atoms with Gasteiger partial charge in [-0.15, -0.1) is 0 Å². The third-order valence-corrected chi connectivity index (χ3v) is 4.62. The molecule has 1 aromatic rings. The van der Waals surface area contributed by atoms with E-state index in [-0.39, 0.29) is 12.1 Å². The highest BCUT2D eigenvalue weighted by Crippen LogP contribution is 2.40. The van der Waals surface area contributed by atoms with Crippen LogP contribution in [-0.4, -0.2) is 38.9 Å². The van der Waals surface area contributed by atoms with E-state index in [1.165, 1.54) is 17.0 Å². The van der Waals surface area contributed by atoms with E-state index in [1.807, 2.05) is 0 Å². The van der Waals surface area contributed by atoms with Gasteiger partial charge in [0.2, 0.25) is 5.91 Å². The quantitative estimate of drug-likeness (QED) is 0.618. The van der Waals surface area contributed by atoms with Crippen LogP contribution in [0, 0.1) is 10.1 Å². The van der Waals surface area contributed by atoms with Gasteiger partial charge in [0.1, 0.15) is 6.04 Å². The number of fused-ring (bicyclic) bond motifs is 3. The fourth-order valence-corrected chi connectivity index (χ4v) is 3.56. The molecule has 0 spiro atoms. The zero-order valence-corrected chi connectivity index (χ0v) is 12.3. The van der Waals surface area contributed by atoms with Gasteiger partial charge in [0.15, 0.2) is 0 Å². The number of non-ortho nitro benzene ring substituents is 1. The lowest BCUT2D eigenvalue weighted by Gasteiger charge is -2.40. The number of carbonyl (C=O) groups excluding carboxylic acids is 1. The summed E-state index contributed by atoms with van der Waals surface area (Å²) >= 11 is 0. The highest BCUT2D eigenvalue weighted by atomic mass is 16.6. The summed E-state index contributed by atoms with van der Waals surface area (Å²) in [5.41, 5.74) is 7.29. The molecule has 3 N–H and O–H groups in total. The zero-order chi connectivity index (χ0) is 16.7. The first-order chi connectivity index (χ1) is 10.9. The van der Waals surface area contributed by atoms with Crippen LogP contribution in [0.25, 0.3) is 0 Å². The number of rotatable bonds is 2. The number of piperidine rings is 1. The Morgan fingerprint density at radius 3 is 2.78 bits per heavy atom. The van der Waals surface area contributed by atoms with Gasteiger partial charge in [-0.1, -0.05) is 6.07 Å². The average molecular weight is 319 g/mol. The molecule has 0 bridgehead atoms. The van der Waals surface area contributed by atoms with Crippen molar-refractivity contribution in [3.63, 3.8) is 0 Å². The molecule has 8 heteroatoms. The summed E-state index contributed by atoms with van der Waals surface area (Å²) < 4.78 is 0. The monoisotopic (exact) mass is 319 g/mol. The molecule has 2 heterocycles. The number of hydrogen-bond acceptors (Lipinski definition) is 5. The number of nitro groups is 1. The van der Waals surface area contributed by atoms with Crippen LogP contribution in [0.15, 0.2) is 18.2 Å². The van der Waals surface area contributed by atoms with Crippen LogP contribution in [0.1, 0.15) is 36.4 Å². The van der Waals surface area contributed by atoms with Crippen LogP contribution in [0.4, 0.5) is 5.69 Å². The smallest absolute Gasteiger partial charge is 0.326 e. The van der Waals surface area contributed by atoms with E-state index in [0.29, 0.717) is 24.8 Å². The Labute approximate surface area is 132 Å². The van der Waals surface area contributed by atoms with Gasteiger partial charge in [-0.3, -0.25) is 14.9 Å². The van der Waals surface area contributed by atoms with Crippen LogP contribution < -0.4 is 5.73 Å². The third-order valence-electron chi connectivity index (χ3n) is 4.62. The van der Waals surface area contributed by atoms with E-state index in [2.05, 4.69) is 0 Å². The summed E-state index contributed by atoms with van der Waals surface area (Å²) in [4.78, 5) is 36.0. The summed E-state index contributed by atoms with van der Waals surface area (Å²) in [6.45, 7) is 0. The molecule has 122 valence electrons. The highest BCUT2D eigenvalue weighted by Gasteiger charge is 2.43. The minimum Gasteiger partial charge on any atom is -0.480 e. The molecule has 23 heavy (non-hydrogen) atoms. The lowest BCUT2D eigenvalue weighted by atomic mass is 9.89. The fourth-order valence-electron chi connectivity index (χ4n) is 3.56. The maximum Gasteiger partial charge on any atom is 0.326 e. The molecule has 1 saturated heterocycles. The summed E-state index contributed by atoms with van der Waals surface area (Å²) in [7, 11) is 0. The number of carboxylic acid groups (broad SMARTS) is 1. The molecule has 2 aliphatic heterocycles. The van der Waals surface area contributed by atoms with Gasteiger partial charge >= 0.3 is 5.97 Å². The van der Waals surface area contributed by atoms with E-state index >= 15 is 0 Å². The highest BCUT2D eigenvalue weighted by molar-refractivity contribution is 5.88. The number of hydrogen-bond donors (Lipinski definition) is 2. The molecule has 0 unspecified atom stereocenters. The Bertz CT molecular complexity index is 690. The Morgan fingerprint density at radius 1 is 1.39 bits per heavy atom. The SMILES string of the molecule is N[C@@H]1Cc2ccc([N+](=O)[O-])cc2[C@@H]2CCC[C@H](C(=O)O)N2C1=O. The number of aliphatic carboxylic acids is 1. The summed E-state index contributed by atoms with van der Waals surface area (Å²) in [5.74, 6) is -1.47. The fraction of sp³-hybridized carbons (Fsp3) is 0.467. The predicted molar refractivity (Wildman–Crippen MR) is 79.6 cm³/mol. The van der Waals surface area contributed by atoms with Crippen molar-refractivity contribution < 1.29 is 19.6 Å². The lowest BCUT2D eigenvalue weighted by molar-refractivity contribution is -0.385. The third kappa shape index (κ3) is 2.55. The van der Waals surface area contributed by atoms with Crippen LogP contribution in [0.5, 0.6) is 0 Å². The van der Waals surface area contributed by atoms with Gasteiger partial charge < -0.3 is 15.7 Å². The van der Waals surface area contributed by atoms with Gasteiger partial charge in [-0.2, -0.15) is 0 Å². The van der Waals surface area contributed by atoms with Gasteiger partial charge in [0, 0.05) is 12.1 Å². The van der Waals surface area contributed by atoms with E-state index in [4.69, 9.17) is 5.73 Å². The molecule has 0 aromatic heterocycles. The molecule has 0 aliphatic carbocycles. The van der Waals surface area contributed by atoms with Crippen molar-refractivity contribution in [2.45, 2.75) is 43.8 Å². The zero-order valence-electron chi connectivity index (χ0n) is 12.3. The molecular formula is C15H17N3O5. The first kappa shape index (κ1) is 15.4. The van der Waals surface area contributed by atoms with Crippen molar-refractivity contribution in [3.8, 4) is 0 Å². The lowest BCUT2D eigenvalue weighted by Crippen LogP contribution is -2.53. The summed E-state index contributed by atoms with van der Waals surface area (Å²) in [6.07, 6.45) is 1.85. The van der Waals surface area contributed by atoms with Crippen LogP contribution >= 0.6 is 0 Å². The van der Waals surface area contributed by atoms with E-state index in [9.17, 15) is 24.8 Å². The first-order valence-corrected chi connectivity index (χ1v) is 7.48. The predicted octanol–water partition coefficient (Wildman–Crippen LogP) is 0.985. The Kier molecular flexibility index (Phi) is 3.77. The van der Waals surface area contributed by atoms with Gasteiger partial charge in [-0.25, -0.2) is 4.79 Å². The van der Waals surface area contributed by atoms with Gasteiger partial charge in [0.25, 0.3) is 5.69 Å². The Hall–Kier alpha value is -2.48.